The largest absolute Gasteiger partial charge is 0.0940 e. The van der Waals surface area contributed by atoms with Crippen molar-refractivity contribution in [1.82, 2.24) is 0 Å². The Kier molecular flexibility index (Phi) is 6.75. The molecule has 0 unspecified atom stereocenters. The van der Waals surface area contributed by atoms with Crippen LogP contribution in [0.5, 0.6) is 0 Å². The molecule has 51 valence electrons. The van der Waals surface area contributed by atoms with Gasteiger partial charge in [0.15, 0.2) is 0 Å². The van der Waals surface area contributed by atoms with Gasteiger partial charge in [-0.3, -0.25) is 0 Å². The van der Waals surface area contributed by atoms with Crippen LogP contribution in [0.4, 0.5) is 0 Å². The van der Waals surface area contributed by atoms with E-state index in [1.54, 1.807) is 0 Å². The van der Waals surface area contributed by atoms with Gasteiger partial charge in [-0.25, -0.2) is 0 Å². The topological polar surface area (TPSA) is 48.8 Å². The summed E-state index contributed by atoms with van der Waals surface area (Å²) in [5.74, 6) is 0. The Morgan fingerprint density at radius 2 is 2.11 bits per heavy atom. The number of rotatable bonds is 5. The van der Waals surface area contributed by atoms with Crippen LogP contribution in [0.2, 0.25) is 0 Å². The van der Waals surface area contributed by atoms with Crippen LogP contribution in [0.1, 0.15) is 25.7 Å². The summed E-state index contributed by atoms with van der Waals surface area (Å²) in [4.78, 5) is 2.64. The minimum atomic E-state index is 0.635. The van der Waals surface area contributed by atoms with Gasteiger partial charge < -0.3 is 0 Å². The summed E-state index contributed by atoms with van der Waals surface area (Å²) in [6, 6.07) is 0. The molecule has 0 fully saturated rings. The van der Waals surface area contributed by atoms with Crippen molar-refractivity contribution >= 4 is 0 Å². The number of hydrogen-bond donors (Lipinski definition) is 0. The van der Waals surface area contributed by atoms with Gasteiger partial charge in [-0.2, -0.15) is 0 Å². The molecule has 0 bridgehead atoms. The molecule has 0 aromatic heterocycles. The molecule has 0 aromatic rings. The SMILES string of the molecule is [CH2]CCCCCN=[N+]=[N-]. The number of nitrogens with zero attached hydrogens (tertiary/aromatic N) is 3. The zero-order chi connectivity index (χ0) is 6.95. The summed E-state index contributed by atoms with van der Waals surface area (Å²) in [7, 11) is 0. The molecule has 0 saturated carbocycles. The first kappa shape index (κ1) is 8.31. The molecule has 0 aliphatic heterocycles. The molecule has 0 saturated heterocycles. The molecule has 0 rings (SSSR count). The lowest BCUT2D eigenvalue weighted by Crippen LogP contribution is -1.78. The molecular weight excluding hydrogens is 114 g/mol. The van der Waals surface area contributed by atoms with Gasteiger partial charge in [-0.15, -0.1) is 0 Å². The normalized spacial score (nSPS) is 8.56. The molecule has 0 atom stereocenters. The van der Waals surface area contributed by atoms with Gasteiger partial charge in [0.25, 0.3) is 0 Å². The van der Waals surface area contributed by atoms with E-state index in [2.05, 4.69) is 16.9 Å². The first-order valence-corrected chi connectivity index (χ1v) is 3.22. The van der Waals surface area contributed by atoms with E-state index < -0.39 is 0 Å². The molecule has 0 spiro atoms. The van der Waals surface area contributed by atoms with Crippen molar-refractivity contribution in [1.29, 1.82) is 0 Å². The van der Waals surface area contributed by atoms with Crippen LogP contribution in [0.3, 0.4) is 0 Å². The summed E-state index contributed by atoms with van der Waals surface area (Å²) in [5, 5.41) is 3.40. The maximum atomic E-state index is 7.87. The van der Waals surface area contributed by atoms with Crippen molar-refractivity contribution in [2.24, 2.45) is 5.11 Å². The summed E-state index contributed by atoms with van der Waals surface area (Å²) in [6.45, 7) is 4.34. The molecule has 0 aliphatic rings. The fraction of sp³-hybridized carbons (Fsp3) is 0.833. The minimum absolute atomic E-state index is 0.635. The van der Waals surface area contributed by atoms with Crippen molar-refractivity contribution in [2.75, 3.05) is 6.54 Å². The van der Waals surface area contributed by atoms with E-state index in [9.17, 15) is 0 Å². The van der Waals surface area contributed by atoms with Gasteiger partial charge in [-0.1, -0.05) is 31.3 Å². The monoisotopic (exact) mass is 126 g/mol. The van der Waals surface area contributed by atoms with Crippen molar-refractivity contribution in [3.63, 3.8) is 0 Å². The second-order valence-electron chi connectivity index (χ2n) is 1.87. The molecular formula is C6H12N3. The first-order chi connectivity index (χ1) is 4.41. The fourth-order valence-corrected chi connectivity index (χ4v) is 0.581. The first-order valence-electron chi connectivity index (χ1n) is 3.22. The third-order valence-corrected chi connectivity index (χ3v) is 1.07. The Hall–Kier alpha value is -0.690. The molecule has 0 aromatic carbocycles. The Morgan fingerprint density at radius 1 is 1.33 bits per heavy atom. The molecule has 0 heterocycles. The Balaban J connectivity index is 2.82. The maximum absolute atomic E-state index is 7.87. The van der Waals surface area contributed by atoms with Crippen LogP contribution in [-0.4, -0.2) is 6.54 Å². The third kappa shape index (κ3) is 7.31. The van der Waals surface area contributed by atoms with Crippen molar-refractivity contribution in [3.05, 3.63) is 17.4 Å². The third-order valence-electron chi connectivity index (χ3n) is 1.07. The van der Waals surface area contributed by atoms with Gasteiger partial charge in [0.2, 0.25) is 0 Å². The van der Waals surface area contributed by atoms with E-state index in [1.807, 2.05) is 0 Å². The van der Waals surface area contributed by atoms with Gasteiger partial charge in [0.1, 0.15) is 0 Å². The van der Waals surface area contributed by atoms with E-state index in [0.29, 0.717) is 6.54 Å². The van der Waals surface area contributed by atoms with Crippen LogP contribution < -0.4 is 0 Å². The maximum Gasteiger partial charge on any atom is 0.0257 e. The van der Waals surface area contributed by atoms with E-state index in [1.165, 1.54) is 0 Å². The molecule has 0 aliphatic carbocycles. The van der Waals surface area contributed by atoms with Gasteiger partial charge in [0, 0.05) is 11.5 Å². The van der Waals surface area contributed by atoms with E-state index in [-0.39, 0.29) is 0 Å². The second kappa shape index (κ2) is 7.31. The fourth-order valence-electron chi connectivity index (χ4n) is 0.581. The van der Waals surface area contributed by atoms with E-state index in [0.717, 1.165) is 25.7 Å². The highest BCUT2D eigenvalue weighted by atomic mass is 15.1. The lowest BCUT2D eigenvalue weighted by molar-refractivity contribution is 0.693. The van der Waals surface area contributed by atoms with Crippen molar-refractivity contribution in [2.45, 2.75) is 25.7 Å². The van der Waals surface area contributed by atoms with Crippen LogP contribution in [0, 0.1) is 6.92 Å². The lowest BCUT2D eigenvalue weighted by atomic mass is 10.2. The highest BCUT2D eigenvalue weighted by molar-refractivity contribution is 4.48. The average molecular weight is 126 g/mol. The van der Waals surface area contributed by atoms with Crippen LogP contribution in [0.25, 0.3) is 10.4 Å². The highest BCUT2D eigenvalue weighted by Gasteiger charge is 1.83. The second-order valence-corrected chi connectivity index (χ2v) is 1.87. The van der Waals surface area contributed by atoms with Crippen LogP contribution >= 0.6 is 0 Å². The smallest absolute Gasteiger partial charge is 0.0257 e. The van der Waals surface area contributed by atoms with Gasteiger partial charge in [-0.05, 0) is 12.0 Å². The van der Waals surface area contributed by atoms with Crippen LogP contribution in [0.15, 0.2) is 5.11 Å². The van der Waals surface area contributed by atoms with E-state index >= 15 is 0 Å². The Morgan fingerprint density at radius 3 is 2.67 bits per heavy atom. The number of unbranched alkanes of at least 4 members (excludes halogenated alkanes) is 3. The summed E-state index contributed by atoms with van der Waals surface area (Å²) in [6.07, 6.45) is 4.25. The predicted molar refractivity (Wildman–Crippen MR) is 37.8 cm³/mol. The predicted octanol–water partition coefficient (Wildman–Crippen LogP) is 2.69. The number of azide groups is 1. The molecule has 9 heavy (non-hydrogen) atoms. The summed E-state index contributed by atoms with van der Waals surface area (Å²) >= 11 is 0. The zero-order valence-electron chi connectivity index (χ0n) is 5.58. The summed E-state index contributed by atoms with van der Waals surface area (Å²) < 4.78 is 0. The molecule has 0 amide bonds. The zero-order valence-corrected chi connectivity index (χ0v) is 5.58. The van der Waals surface area contributed by atoms with Gasteiger partial charge in [0.05, 0.1) is 0 Å². The van der Waals surface area contributed by atoms with Crippen molar-refractivity contribution < 1.29 is 0 Å². The number of hydrogen-bond acceptors (Lipinski definition) is 1. The Labute approximate surface area is 55.7 Å². The van der Waals surface area contributed by atoms with Crippen LogP contribution in [-0.2, 0) is 0 Å². The average Bonchev–Trinajstić information content (AvgIpc) is 1.89. The van der Waals surface area contributed by atoms with Gasteiger partial charge >= 0.3 is 0 Å². The lowest BCUT2D eigenvalue weighted by Gasteiger charge is -1.90. The quantitative estimate of drug-likeness (QED) is 0.235. The molecule has 1 radical (unpaired) electrons. The molecule has 3 nitrogen and oxygen atoms in total. The summed E-state index contributed by atoms with van der Waals surface area (Å²) in [5.41, 5.74) is 7.87. The Bertz CT molecular complexity index is 94.5. The van der Waals surface area contributed by atoms with Crippen molar-refractivity contribution in [3.8, 4) is 0 Å². The van der Waals surface area contributed by atoms with E-state index in [4.69, 9.17) is 5.53 Å². The standard InChI is InChI=1S/C6H12N3/c1-2-3-4-5-6-8-9-7/h1-6H2. The molecule has 0 N–H and O–H groups in total. The molecule has 3 heteroatoms. The minimum Gasteiger partial charge on any atom is -0.0940 e. The highest BCUT2D eigenvalue weighted by Crippen LogP contribution is 1.97.